The number of rotatable bonds is 8. The largest absolute Gasteiger partial charge is 0.311 e. The SMILES string of the molecule is CC1(C)c2ccccc2-c2ccc(-c3ccc(N(c4ccccc4)c4ccc(-c5ccc(N(c6ccccc6)c6ccccc6)cc5)cc4)cc3)cc21. The van der Waals surface area contributed by atoms with Gasteiger partial charge in [-0.05, 0) is 123 Å². The first kappa shape index (κ1) is 32.3. The quantitative estimate of drug-likeness (QED) is 0.158. The second-order valence-corrected chi connectivity index (χ2v) is 14.2. The molecule has 0 aliphatic heterocycles. The molecule has 0 heterocycles. The van der Waals surface area contributed by atoms with Gasteiger partial charge in [-0.2, -0.15) is 0 Å². The Hall–Kier alpha value is -6.64. The fourth-order valence-electron chi connectivity index (χ4n) is 7.92. The lowest BCUT2D eigenvalue weighted by Crippen LogP contribution is -2.14. The topological polar surface area (TPSA) is 6.48 Å². The van der Waals surface area contributed by atoms with Crippen molar-refractivity contribution in [2.45, 2.75) is 19.3 Å². The highest BCUT2D eigenvalue weighted by Gasteiger charge is 2.35. The zero-order valence-electron chi connectivity index (χ0n) is 30.0. The van der Waals surface area contributed by atoms with E-state index in [0.717, 1.165) is 34.1 Å². The van der Waals surface area contributed by atoms with Crippen molar-refractivity contribution in [1.82, 2.24) is 0 Å². The maximum atomic E-state index is 2.39. The van der Waals surface area contributed by atoms with Gasteiger partial charge in [0.25, 0.3) is 0 Å². The van der Waals surface area contributed by atoms with E-state index in [1.807, 2.05) is 0 Å². The van der Waals surface area contributed by atoms with Crippen molar-refractivity contribution < 1.29 is 0 Å². The van der Waals surface area contributed by atoms with Crippen LogP contribution in [-0.2, 0) is 5.41 Å². The van der Waals surface area contributed by atoms with Gasteiger partial charge in [0.1, 0.15) is 0 Å². The monoisotopic (exact) mass is 680 g/mol. The molecule has 1 aliphatic rings. The molecule has 0 saturated heterocycles. The van der Waals surface area contributed by atoms with Crippen LogP contribution in [0.2, 0.25) is 0 Å². The number of para-hydroxylation sites is 3. The molecule has 8 aromatic rings. The number of anilines is 6. The highest BCUT2D eigenvalue weighted by Crippen LogP contribution is 2.49. The third-order valence-electron chi connectivity index (χ3n) is 10.7. The number of hydrogen-bond donors (Lipinski definition) is 0. The lowest BCUT2D eigenvalue weighted by molar-refractivity contribution is 0.660. The molecule has 53 heavy (non-hydrogen) atoms. The van der Waals surface area contributed by atoms with Crippen LogP contribution < -0.4 is 9.80 Å². The smallest absolute Gasteiger partial charge is 0.0462 e. The molecule has 0 spiro atoms. The van der Waals surface area contributed by atoms with Gasteiger partial charge in [-0.3, -0.25) is 0 Å². The van der Waals surface area contributed by atoms with Crippen molar-refractivity contribution in [1.29, 1.82) is 0 Å². The van der Waals surface area contributed by atoms with E-state index in [9.17, 15) is 0 Å². The lowest BCUT2D eigenvalue weighted by atomic mass is 9.81. The molecular formula is C51H40N2. The Bertz CT molecular complexity index is 2450. The van der Waals surface area contributed by atoms with E-state index < -0.39 is 0 Å². The summed E-state index contributed by atoms with van der Waals surface area (Å²) in [6.45, 7) is 4.68. The van der Waals surface area contributed by atoms with Crippen LogP contribution in [0.15, 0.2) is 206 Å². The molecular weight excluding hydrogens is 641 g/mol. The molecule has 2 heteroatoms. The van der Waals surface area contributed by atoms with E-state index in [0.29, 0.717) is 0 Å². The molecule has 0 fully saturated rings. The standard InChI is InChI=1S/C51H40N2/c1-51(2)49-21-13-12-20-47(49)48-35-28-40(36-50(48)51)39-26-33-46(34-27-39)53(43-18-10-5-11-19-43)45-31-24-38(25-32-45)37-22-29-44(30-23-37)52(41-14-6-3-7-15-41)42-16-8-4-9-17-42/h3-36H,1-2H3. The molecule has 2 nitrogen and oxygen atoms in total. The molecule has 1 aliphatic carbocycles. The first-order valence-corrected chi connectivity index (χ1v) is 18.4. The third-order valence-corrected chi connectivity index (χ3v) is 10.7. The Balaban J connectivity index is 1.00. The number of benzene rings is 8. The summed E-state index contributed by atoms with van der Waals surface area (Å²) >= 11 is 0. The minimum absolute atomic E-state index is 0.0230. The Labute approximate surface area is 312 Å². The number of nitrogens with zero attached hydrogens (tertiary/aromatic N) is 2. The van der Waals surface area contributed by atoms with E-state index in [2.05, 4.69) is 230 Å². The highest BCUT2D eigenvalue weighted by atomic mass is 15.1. The van der Waals surface area contributed by atoms with Gasteiger partial charge in [-0.15, -0.1) is 0 Å². The van der Waals surface area contributed by atoms with Crippen molar-refractivity contribution in [3.8, 4) is 33.4 Å². The summed E-state index contributed by atoms with van der Waals surface area (Å²) < 4.78 is 0. The van der Waals surface area contributed by atoms with Crippen LogP contribution in [0.4, 0.5) is 34.1 Å². The van der Waals surface area contributed by atoms with Gasteiger partial charge in [0.05, 0.1) is 0 Å². The van der Waals surface area contributed by atoms with E-state index >= 15 is 0 Å². The summed E-state index contributed by atoms with van der Waals surface area (Å²) in [5.74, 6) is 0. The van der Waals surface area contributed by atoms with Gasteiger partial charge in [-0.25, -0.2) is 0 Å². The summed E-state index contributed by atoms with van der Waals surface area (Å²) in [6, 6.07) is 74.2. The average molecular weight is 681 g/mol. The van der Waals surface area contributed by atoms with Crippen LogP contribution in [0.3, 0.4) is 0 Å². The molecule has 0 unspecified atom stereocenters. The van der Waals surface area contributed by atoms with E-state index in [1.54, 1.807) is 0 Å². The maximum Gasteiger partial charge on any atom is 0.0462 e. The molecule has 254 valence electrons. The van der Waals surface area contributed by atoms with Crippen LogP contribution in [-0.4, -0.2) is 0 Å². The van der Waals surface area contributed by atoms with E-state index in [-0.39, 0.29) is 5.41 Å². The minimum Gasteiger partial charge on any atom is -0.311 e. The lowest BCUT2D eigenvalue weighted by Gasteiger charge is -2.26. The second-order valence-electron chi connectivity index (χ2n) is 14.2. The van der Waals surface area contributed by atoms with Crippen LogP contribution in [0, 0.1) is 0 Å². The fourth-order valence-corrected chi connectivity index (χ4v) is 7.92. The molecule has 0 radical (unpaired) electrons. The molecule has 0 amide bonds. The van der Waals surface area contributed by atoms with Gasteiger partial charge in [0.2, 0.25) is 0 Å². The van der Waals surface area contributed by atoms with Gasteiger partial charge in [0, 0.05) is 39.5 Å². The van der Waals surface area contributed by atoms with Crippen molar-refractivity contribution in [3.63, 3.8) is 0 Å². The van der Waals surface area contributed by atoms with Crippen LogP contribution in [0.25, 0.3) is 33.4 Å². The van der Waals surface area contributed by atoms with Crippen molar-refractivity contribution in [2.75, 3.05) is 9.80 Å². The Morgan fingerprint density at radius 1 is 0.283 bits per heavy atom. The van der Waals surface area contributed by atoms with Gasteiger partial charge >= 0.3 is 0 Å². The summed E-state index contributed by atoms with van der Waals surface area (Å²) in [5.41, 5.74) is 17.0. The van der Waals surface area contributed by atoms with Crippen molar-refractivity contribution in [2.24, 2.45) is 0 Å². The second kappa shape index (κ2) is 13.5. The number of hydrogen-bond acceptors (Lipinski definition) is 2. The molecule has 0 saturated carbocycles. The summed E-state index contributed by atoms with van der Waals surface area (Å²) in [6.07, 6.45) is 0. The molecule has 8 aromatic carbocycles. The van der Waals surface area contributed by atoms with Crippen LogP contribution >= 0.6 is 0 Å². The Morgan fingerprint density at radius 2 is 0.604 bits per heavy atom. The summed E-state index contributed by atoms with van der Waals surface area (Å²) in [5, 5.41) is 0. The first-order chi connectivity index (χ1) is 26.0. The maximum absolute atomic E-state index is 2.39. The van der Waals surface area contributed by atoms with Crippen LogP contribution in [0.5, 0.6) is 0 Å². The van der Waals surface area contributed by atoms with Crippen molar-refractivity contribution in [3.05, 3.63) is 217 Å². The average Bonchev–Trinajstić information content (AvgIpc) is 3.45. The zero-order chi connectivity index (χ0) is 35.8. The number of fused-ring (bicyclic) bond motifs is 3. The molecule has 0 aromatic heterocycles. The Morgan fingerprint density at radius 3 is 1.04 bits per heavy atom. The van der Waals surface area contributed by atoms with Gasteiger partial charge in [-0.1, -0.05) is 141 Å². The molecule has 0 atom stereocenters. The summed E-state index contributed by atoms with van der Waals surface area (Å²) in [7, 11) is 0. The molecule has 9 rings (SSSR count). The summed E-state index contributed by atoms with van der Waals surface area (Å²) in [4.78, 5) is 4.62. The Kier molecular flexibility index (Phi) is 8.21. The minimum atomic E-state index is -0.0230. The van der Waals surface area contributed by atoms with Crippen LogP contribution in [0.1, 0.15) is 25.0 Å². The fraction of sp³-hybridized carbons (Fsp3) is 0.0588. The van der Waals surface area contributed by atoms with Crippen molar-refractivity contribution >= 4 is 34.1 Å². The van der Waals surface area contributed by atoms with Gasteiger partial charge in [0.15, 0.2) is 0 Å². The predicted octanol–water partition coefficient (Wildman–Crippen LogP) is 14.3. The molecule has 0 bridgehead atoms. The zero-order valence-corrected chi connectivity index (χ0v) is 30.0. The predicted molar refractivity (Wildman–Crippen MR) is 224 cm³/mol. The van der Waals surface area contributed by atoms with E-state index in [1.165, 1.54) is 44.5 Å². The molecule has 0 N–H and O–H groups in total. The van der Waals surface area contributed by atoms with Gasteiger partial charge < -0.3 is 9.80 Å². The first-order valence-electron chi connectivity index (χ1n) is 18.4. The third kappa shape index (κ3) is 5.99. The normalized spacial score (nSPS) is 12.5. The van der Waals surface area contributed by atoms with E-state index in [4.69, 9.17) is 0 Å². The highest BCUT2D eigenvalue weighted by molar-refractivity contribution is 5.85.